The van der Waals surface area contributed by atoms with Gasteiger partial charge in [0.1, 0.15) is 62.8 Å². The van der Waals surface area contributed by atoms with E-state index in [1.165, 1.54) is 43.3 Å². The van der Waals surface area contributed by atoms with Crippen LogP contribution in [0.2, 0.25) is 5.15 Å². The molecule has 0 amide bonds. The molecule has 0 saturated heterocycles. The maximum absolute atomic E-state index is 14.0. The van der Waals surface area contributed by atoms with Crippen molar-refractivity contribution in [2.45, 2.75) is 154 Å². The Morgan fingerprint density at radius 1 is 0.536 bits per heavy atom. The molecule has 8 rings (SSSR count). The first-order valence-corrected chi connectivity index (χ1v) is 29.5. The molecule has 0 spiro atoms. The van der Waals surface area contributed by atoms with Crippen molar-refractivity contribution in [2.75, 3.05) is 27.9 Å². The molecule has 0 radical (unpaired) electrons. The van der Waals surface area contributed by atoms with Gasteiger partial charge in [-0.1, -0.05) is 34.1 Å². The Kier molecular flexibility index (Phi) is 26.1. The second-order valence-corrected chi connectivity index (χ2v) is 25.9. The molecule has 23 heteroatoms. The lowest BCUT2D eigenvalue weighted by Gasteiger charge is -2.22. The average Bonchev–Trinajstić information content (AvgIpc) is 2.07. The van der Waals surface area contributed by atoms with Crippen molar-refractivity contribution in [1.29, 1.82) is 0 Å². The number of nitrogens with zero attached hydrogens (tertiary/aromatic N) is 8. The van der Waals surface area contributed by atoms with Crippen LogP contribution in [-0.4, -0.2) is 85.5 Å². The SMILES string of the molecule is C=C(C)OCC.CC(=O)c1c(F)ccc2nc(C)c(NC(C)(C)C)nc12.CC(C)(C)N.Cc1nc2ccc(F)c(Br)c2nc1Cl.Cc1nc2ccc(F)c(Br)c2nc1NC(C)(C)C.Cc1nc2ccc(F)c(C(=O)CBr)c2nc1NC(C)(C)C. The summed E-state index contributed by atoms with van der Waals surface area (Å²) in [6.07, 6.45) is 0. The van der Waals surface area contributed by atoms with Crippen LogP contribution >= 0.6 is 59.4 Å². The van der Waals surface area contributed by atoms with Crippen molar-refractivity contribution < 1.29 is 31.9 Å². The topological polar surface area (TPSA) is 209 Å². The molecule has 84 heavy (non-hydrogen) atoms. The molecule has 0 atom stereocenters. The van der Waals surface area contributed by atoms with E-state index in [9.17, 15) is 27.2 Å². The molecule has 0 unspecified atom stereocenters. The van der Waals surface area contributed by atoms with Gasteiger partial charge in [0.05, 0.1) is 82.6 Å². The van der Waals surface area contributed by atoms with Crippen LogP contribution in [0.1, 0.15) is 147 Å². The predicted molar refractivity (Wildman–Crippen MR) is 346 cm³/mol. The van der Waals surface area contributed by atoms with Crippen molar-refractivity contribution in [3.05, 3.63) is 132 Å². The second kappa shape index (κ2) is 30.3. The van der Waals surface area contributed by atoms with Gasteiger partial charge in [0.2, 0.25) is 0 Å². The number of allylic oxidation sites excluding steroid dienone is 1. The van der Waals surface area contributed by atoms with E-state index in [1.807, 2.05) is 118 Å². The number of hydrogen-bond donors (Lipinski definition) is 4. The number of nitrogens with one attached hydrogen (secondary N) is 3. The number of hydrogen-bond acceptors (Lipinski definition) is 15. The fourth-order valence-electron chi connectivity index (χ4n) is 6.99. The third-order valence-corrected chi connectivity index (χ3v) is 12.7. The number of Topliss-reactive ketones (excluding diaryl/α,β-unsaturated/α-hetero) is 2. The van der Waals surface area contributed by atoms with E-state index in [2.05, 4.69) is 110 Å². The molecule has 0 aliphatic heterocycles. The summed E-state index contributed by atoms with van der Waals surface area (Å²) < 4.78 is 59.9. The maximum Gasteiger partial charge on any atom is 0.178 e. The fraction of sp³-hybridized carbons (Fsp3) is 0.410. The first kappa shape index (κ1) is 72.2. The number of alkyl halides is 1. The van der Waals surface area contributed by atoms with E-state index in [0.717, 1.165) is 18.1 Å². The van der Waals surface area contributed by atoms with Crippen molar-refractivity contribution >= 4 is 133 Å². The van der Waals surface area contributed by atoms with Crippen LogP contribution in [0, 0.1) is 51.0 Å². The molecule has 454 valence electrons. The summed E-state index contributed by atoms with van der Waals surface area (Å²) in [6.45, 7) is 40.7. The highest BCUT2D eigenvalue weighted by Gasteiger charge is 2.22. The number of halogens is 8. The summed E-state index contributed by atoms with van der Waals surface area (Å²) in [7, 11) is 0. The number of ketones is 2. The van der Waals surface area contributed by atoms with Gasteiger partial charge in [-0.3, -0.25) is 9.59 Å². The summed E-state index contributed by atoms with van der Waals surface area (Å²) >= 11 is 15.2. The predicted octanol–water partition coefficient (Wildman–Crippen LogP) is 17.2. The minimum atomic E-state index is -0.577. The molecule has 8 aromatic rings. The zero-order valence-corrected chi connectivity index (χ0v) is 56.7. The molecule has 4 heterocycles. The Morgan fingerprint density at radius 2 is 0.833 bits per heavy atom. The third-order valence-electron chi connectivity index (χ3n) is 10.3. The van der Waals surface area contributed by atoms with Crippen molar-refractivity contribution in [2.24, 2.45) is 5.73 Å². The molecule has 4 aromatic carbocycles. The number of benzene rings is 4. The van der Waals surface area contributed by atoms with E-state index >= 15 is 0 Å². The number of ether oxygens (including phenoxy) is 1. The van der Waals surface area contributed by atoms with E-state index in [-0.39, 0.29) is 67.3 Å². The first-order chi connectivity index (χ1) is 38.6. The minimum absolute atomic E-state index is 0. The molecule has 5 N–H and O–H groups in total. The van der Waals surface area contributed by atoms with Crippen molar-refractivity contribution in [3.63, 3.8) is 0 Å². The van der Waals surface area contributed by atoms with E-state index in [0.29, 0.717) is 87.3 Å². The van der Waals surface area contributed by atoms with Crippen LogP contribution in [-0.2, 0) is 4.74 Å². The monoisotopic (exact) mass is 1370 g/mol. The Balaban J connectivity index is 0.000000278. The quantitative estimate of drug-likeness (QED) is 0.0483. The van der Waals surface area contributed by atoms with Crippen LogP contribution < -0.4 is 21.7 Å². The number of anilines is 3. The zero-order chi connectivity index (χ0) is 64.1. The highest BCUT2D eigenvalue weighted by molar-refractivity contribution is 9.11. The fourth-order valence-corrected chi connectivity index (χ4v) is 8.24. The third kappa shape index (κ3) is 22.4. The van der Waals surface area contributed by atoms with Crippen LogP contribution in [0.15, 0.2) is 69.8 Å². The Labute approximate surface area is 520 Å². The van der Waals surface area contributed by atoms with Gasteiger partial charge >= 0.3 is 0 Å². The van der Waals surface area contributed by atoms with Crippen LogP contribution in [0.5, 0.6) is 0 Å². The van der Waals surface area contributed by atoms with Gasteiger partial charge in [-0.05, 0) is 212 Å². The van der Waals surface area contributed by atoms with E-state index in [1.54, 1.807) is 19.1 Å². The van der Waals surface area contributed by atoms with Crippen LogP contribution in [0.25, 0.3) is 44.1 Å². The first-order valence-electron chi connectivity index (χ1n) is 26.4. The summed E-state index contributed by atoms with van der Waals surface area (Å²) in [5.41, 5.74) is 11.6. The molecule has 0 bridgehead atoms. The number of nitrogens with two attached hydrogens (primary N) is 1. The average molecular weight is 1380 g/mol. The normalized spacial score (nSPS) is 11.3. The van der Waals surface area contributed by atoms with Gasteiger partial charge in [-0.15, -0.1) is 0 Å². The smallest absolute Gasteiger partial charge is 0.178 e. The number of carbonyl (C=O) groups excluding carboxylic acids is 2. The van der Waals surface area contributed by atoms with Gasteiger partial charge in [0.15, 0.2) is 16.7 Å². The van der Waals surface area contributed by atoms with Gasteiger partial charge in [-0.2, -0.15) is 0 Å². The molecule has 0 aliphatic carbocycles. The molecule has 15 nitrogen and oxygen atoms in total. The summed E-state index contributed by atoms with van der Waals surface area (Å²) in [4.78, 5) is 58.4. The number of aromatic nitrogens is 8. The molecular formula is C61H76Br3ClF4N12O3. The molecular weight excluding hydrogens is 1300 g/mol. The van der Waals surface area contributed by atoms with Gasteiger partial charge in [0, 0.05) is 22.2 Å². The lowest BCUT2D eigenvalue weighted by molar-refractivity contribution is 0.100. The van der Waals surface area contributed by atoms with E-state index in [4.69, 9.17) is 22.1 Å². The van der Waals surface area contributed by atoms with Gasteiger partial charge in [0.25, 0.3) is 0 Å². The lowest BCUT2D eigenvalue weighted by atomic mass is 10.1. The number of carbonyl (C=O) groups is 2. The molecule has 4 aromatic heterocycles. The summed E-state index contributed by atoms with van der Waals surface area (Å²) in [5, 5.41) is 10.1. The van der Waals surface area contributed by atoms with Crippen LogP contribution in [0.4, 0.5) is 35.0 Å². The summed E-state index contributed by atoms with van der Waals surface area (Å²) in [6, 6.07) is 11.5. The number of rotatable bonds is 8. The number of fused-ring (bicyclic) bond motifs is 4. The maximum atomic E-state index is 14.0. The van der Waals surface area contributed by atoms with Gasteiger partial charge in [-0.25, -0.2) is 57.4 Å². The largest absolute Gasteiger partial charge is 0.499 e. The minimum Gasteiger partial charge on any atom is -0.499 e. The molecule has 0 aliphatic rings. The Morgan fingerprint density at radius 3 is 1.14 bits per heavy atom. The second-order valence-electron chi connectivity index (χ2n) is 23.4. The highest BCUT2D eigenvalue weighted by atomic mass is 79.9. The highest BCUT2D eigenvalue weighted by Crippen LogP contribution is 2.30. The van der Waals surface area contributed by atoms with Crippen molar-refractivity contribution in [1.82, 2.24) is 39.9 Å². The Hall–Kier alpha value is -6.07. The zero-order valence-electron chi connectivity index (χ0n) is 51.1. The van der Waals surface area contributed by atoms with Gasteiger partial charge < -0.3 is 26.4 Å². The lowest BCUT2D eigenvalue weighted by Crippen LogP contribution is -2.27. The Bertz CT molecular complexity index is 3670. The van der Waals surface area contributed by atoms with Crippen LogP contribution in [0.3, 0.4) is 0 Å². The molecule has 0 saturated carbocycles. The molecule has 0 fully saturated rings. The summed E-state index contributed by atoms with van der Waals surface area (Å²) in [5.74, 6) is 0.0535. The van der Waals surface area contributed by atoms with Crippen molar-refractivity contribution in [3.8, 4) is 0 Å². The standard InChI is InChI=1S/C15H17BrFN3O.C15H18FN3O.C13H15BrFN3.C9H5BrClFN2.C5H10O.C4H11N/c1-8-14(20-15(2,3)4)19-13-10(18-8)6-5-9(17)12(13)11(21)7-16;1-8-14(19-15(3,4)5)18-13-11(17-8)7-6-10(16)12(13)9(2)20;1-7-12(18-13(2,3)4)17-11-9(16-7)6-5-8(15)10(11)14;1-4-9(11)14-8-6(13-4)3-2-5(12)7(8)10;1-4-6-5(2)3;1-4(2,3)5/h5-6H,7H2,1-4H3,(H,19,20);6-7H,1-5H3,(H,18,19);5-6H,1-4H3,(H,17,18);2-3H,1H3;2,4H2,1,3H3;5H2,1-3H3. The van der Waals surface area contributed by atoms with E-state index < -0.39 is 11.6 Å². The number of aryl methyl sites for hydroxylation is 4.